The number of aromatic nitrogens is 2. The summed E-state index contributed by atoms with van der Waals surface area (Å²) in [7, 11) is 0. The van der Waals surface area contributed by atoms with Crippen LogP contribution in [0.3, 0.4) is 0 Å². The van der Waals surface area contributed by atoms with Crippen LogP contribution in [0.25, 0.3) is 5.65 Å². The zero-order valence-electron chi connectivity index (χ0n) is 13.4. The summed E-state index contributed by atoms with van der Waals surface area (Å²) in [5.74, 6) is 0. The maximum atomic E-state index is 12.3. The Hall–Kier alpha value is -2.45. The number of rotatable bonds is 5. The topological polar surface area (TPSA) is 88.0 Å². The van der Waals surface area contributed by atoms with Crippen molar-refractivity contribution in [3.05, 3.63) is 40.9 Å². The molecular weight excluding hydrogens is 310 g/mol. The molecule has 0 unspecified atom stereocenters. The van der Waals surface area contributed by atoms with Crippen LogP contribution in [0, 0.1) is 0 Å². The summed E-state index contributed by atoms with van der Waals surface area (Å²) in [4.78, 5) is 30.6. The molecule has 0 radical (unpaired) electrons. The van der Waals surface area contributed by atoms with Gasteiger partial charge in [-0.25, -0.2) is 9.78 Å². The molecule has 0 atom stereocenters. The predicted molar refractivity (Wildman–Crippen MR) is 90.4 cm³/mol. The van der Waals surface area contributed by atoms with Crippen molar-refractivity contribution in [2.75, 3.05) is 44.7 Å². The lowest BCUT2D eigenvalue weighted by Gasteiger charge is -2.26. The van der Waals surface area contributed by atoms with Gasteiger partial charge in [0.2, 0.25) is 0 Å². The Morgan fingerprint density at radius 1 is 1.29 bits per heavy atom. The zero-order valence-corrected chi connectivity index (χ0v) is 13.4. The molecule has 3 rings (SSSR count). The van der Waals surface area contributed by atoms with Crippen LogP contribution >= 0.6 is 0 Å². The fraction of sp³-hybridized carbons (Fsp3) is 0.438. The molecule has 2 aromatic rings. The van der Waals surface area contributed by atoms with E-state index in [4.69, 9.17) is 4.74 Å². The molecule has 0 saturated carbocycles. The zero-order chi connectivity index (χ0) is 16.8. The molecule has 128 valence electrons. The van der Waals surface area contributed by atoms with E-state index in [0.29, 0.717) is 12.2 Å². The predicted octanol–water partition coefficient (Wildman–Crippen LogP) is 0.538. The largest absolute Gasteiger partial charge is 0.379 e. The third-order valence-electron chi connectivity index (χ3n) is 3.90. The van der Waals surface area contributed by atoms with Gasteiger partial charge in [0.15, 0.2) is 0 Å². The Labute approximate surface area is 139 Å². The van der Waals surface area contributed by atoms with Gasteiger partial charge in [-0.1, -0.05) is 6.07 Å². The number of nitrogens with zero attached hydrogens (tertiary/aromatic N) is 3. The molecule has 0 aromatic carbocycles. The number of carbonyl (C=O) groups is 1. The summed E-state index contributed by atoms with van der Waals surface area (Å²) < 4.78 is 6.69. The molecule has 1 saturated heterocycles. The van der Waals surface area contributed by atoms with Gasteiger partial charge in [-0.15, -0.1) is 0 Å². The molecule has 24 heavy (non-hydrogen) atoms. The Morgan fingerprint density at radius 3 is 2.96 bits per heavy atom. The first-order valence-electron chi connectivity index (χ1n) is 8.05. The Balaban J connectivity index is 1.48. The molecule has 2 aromatic heterocycles. The number of ether oxygens (including phenoxy) is 1. The van der Waals surface area contributed by atoms with Crippen molar-refractivity contribution in [1.29, 1.82) is 0 Å². The maximum Gasteiger partial charge on any atom is 0.319 e. The average Bonchev–Trinajstić information content (AvgIpc) is 2.62. The van der Waals surface area contributed by atoms with Crippen LogP contribution in [0.5, 0.6) is 0 Å². The summed E-state index contributed by atoms with van der Waals surface area (Å²) in [6, 6.07) is 4.88. The van der Waals surface area contributed by atoms with Crippen molar-refractivity contribution >= 4 is 17.4 Å². The SMILES string of the molecule is O=C(NCCCN1CCOCC1)Nc1cnc2ccccn2c1=O. The van der Waals surface area contributed by atoms with Gasteiger partial charge in [-0.2, -0.15) is 0 Å². The molecule has 1 aliphatic heterocycles. The number of fused-ring (bicyclic) bond motifs is 1. The lowest BCUT2D eigenvalue weighted by Crippen LogP contribution is -2.38. The van der Waals surface area contributed by atoms with Gasteiger partial charge in [0.25, 0.3) is 5.56 Å². The summed E-state index contributed by atoms with van der Waals surface area (Å²) in [6.45, 7) is 4.88. The smallest absolute Gasteiger partial charge is 0.319 e. The summed E-state index contributed by atoms with van der Waals surface area (Å²) >= 11 is 0. The van der Waals surface area contributed by atoms with Gasteiger partial charge in [0.05, 0.1) is 19.4 Å². The number of hydrogen-bond acceptors (Lipinski definition) is 5. The first kappa shape index (κ1) is 16.4. The second-order valence-electron chi connectivity index (χ2n) is 5.59. The van der Waals surface area contributed by atoms with Crippen LogP contribution in [-0.4, -0.2) is 59.7 Å². The molecule has 0 bridgehead atoms. The highest BCUT2D eigenvalue weighted by Crippen LogP contribution is 2.01. The van der Waals surface area contributed by atoms with Crippen molar-refractivity contribution in [2.45, 2.75) is 6.42 Å². The molecule has 8 heteroatoms. The van der Waals surface area contributed by atoms with E-state index in [2.05, 4.69) is 20.5 Å². The van der Waals surface area contributed by atoms with Crippen molar-refractivity contribution in [3.63, 3.8) is 0 Å². The van der Waals surface area contributed by atoms with Gasteiger partial charge in [0.1, 0.15) is 11.3 Å². The highest BCUT2D eigenvalue weighted by atomic mass is 16.5. The third kappa shape index (κ3) is 4.09. The Bertz CT molecular complexity index is 755. The molecule has 3 heterocycles. The van der Waals surface area contributed by atoms with Crippen molar-refractivity contribution in [1.82, 2.24) is 19.6 Å². The van der Waals surface area contributed by atoms with E-state index < -0.39 is 6.03 Å². The minimum atomic E-state index is -0.397. The van der Waals surface area contributed by atoms with Crippen LogP contribution in [0.2, 0.25) is 0 Å². The number of anilines is 1. The number of pyridine rings is 1. The Morgan fingerprint density at radius 2 is 2.12 bits per heavy atom. The summed E-state index contributed by atoms with van der Waals surface area (Å²) in [5.41, 5.74) is 0.396. The van der Waals surface area contributed by atoms with E-state index in [1.165, 1.54) is 10.6 Å². The fourth-order valence-electron chi connectivity index (χ4n) is 2.61. The van der Waals surface area contributed by atoms with E-state index in [1.54, 1.807) is 24.4 Å². The number of carbonyl (C=O) groups excluding carboxylic acids is 1. The highest BCUT2D eigenvalue weighted by Gasteiger charge is 2.10. The molecule has 0 spiro atoms. The molecule has 0 aliphatic carbocycles. The van der Waals surface area contributed by atoms with E-state index in [-0.39, 0.29) is 11.2 Å². The first-order valence-corrected chi connectivity index (χ1v) is 8.05. The third-order valence-corrected chi connectivity index (χ3v) is 3.90. The quantitative estimate of drug-likeness (QED) is 0.781. The van der Waals surface area contributed by atoms with Crippen LogP contribution < -0.4 is 16.2 Å². The number of urea groups is 1. The average molecular weight is 331 g/mol. The van der Waals surface area contributed by atoms with Crippen LogP contribution in [0.4, 0.5) is 10.5 Å². The lowest BCUT2D eigenvalue weighted by atomic mass is 10.3. The fourth-order valence-corrected chi connectivity index (χ4v) is 2.61. The van der Waals surface area contributed by atoms with Gasteiger partial charge < -0.3 is 15.4 Å². The molecule has 2 N–H and O–H groups in total. The van der Waals surface area contributed by atoms with Crippen molar-refractivity contribution < 1.29 is 9.53 Å². The second kappa shape index (κ2) is 7.89. The molecule has 1 aliphatic rings. The van der Waals surface area contributed by atoms with Gasteiger partial charge >= 0.3 is 6.03 Å². The number of morpholine rings is 1. The molecule has 8 nitrogen and oxygen atoms in total. The van der Waals surface area contributed by atoms with E-state index in [0.717, 1.165) is 39.3 Å². The van der Waals surface area contributed by atoms with E-state index >= 15 is 0 Å². The van der Waals surface area contributed by atoms with Crippen molar-refractivity contribution in [2.24, 2.45) is 0 Å². The minimum Gasteiger partial charge on any atom is -0.379 e. The summed E-state index contributed by atoms with van der Waals surface area (Å²) in [5, 5.41) is 5.32. The van der Waals surface area contributed by atoms with Crippen molar-refractivity contribution in [3.8, 4) is 0 Å². The number of nitrogens with one attached hydrogen (secondary N) is 2. The highest BCUT2D eigenvalue weighted by molar-refractivity contribution is 5.88. The van der Waals surface area contributed by atoms with Gasteiger partial charge in [0, 0.05) is 25.8 Å². The number of amides is 2. The first-order chi connectivity index (χ1) is 11.7. The normalized spacial score (nSPS) is 15.3. The second-order valence-corrected chi connectivity index (χ2v) is 5.59. The van der Waals surface area contributed by atoms with Gasteiger partial charge in [-0.3, -0.25) is 14.1 Å². The Kier molecular flexibility index (Phi) is 5.39. The van der Waals surface area contributed by atoms with E-state index in [9.17, 15) is 9.59 Å². The molecular formula is C16H21N5O3. The van der Waals surface area contributed by atoms with Gasteiger partial charge in [-0.05, 0) is 25.1 Å². The molecule has 2 amide bonds. The lowest BCUT2D eigenvalue weighted by molar-refractivity contribution is 0.0375. The maximum absolute atomic E-state index is 12.3. The number of hydrogen-bond donors (Lipinski definition) is 2. The summed E-state index contributed by atoms with van der Waals surface area (Å²) in [6.07, 6.45) is 3.85. The van der Waals surface area contributed by atoms with Crippen LogP contribution in [-0.2, 0) is 4.74 Å². The standard InChI is InChI=1S/C16H21N5O3/c22-15-13(12-18-14-4-1-2-7-21(14)15)19-16(23)17-5-3-6-20-8-10-24-11-9-20/h1-2,4,7,12H,3,5-6,8-11H2,(H2,17,19,23). The van der Waals surface area contributed by atoms with Crippen LogP contribution in [0.15, 0.2) is 35.4 Å². The minimum absolute atomic E-state index is 0.157. The monoisotopic (exact) mass is 331 g/mol. The van der Waals surface area contributed by atoms with Crippen LogP contribution in [0.1, 0.15) is 6.42 Å². The molecule has 1 fully saturated rings. The van der Waals surface area contributed by atoms with E-state index in [1.807, 2.05) is 0 Å².